The first-order valence-corrected chi connectivity index (χ1v) is 3.82. The highest BCUT2D eigenvalue weighted by Crippen LogP contribution is 2.37. The summed E-state index contributed by atoms with van der Waals surface area (Å²) >= 11 is 0. The Kier molecular flexibility index (Phi) is 1.33. The van der Waals surface area contributed by atoms with Gasteiger partial charge in [0.05, 0.1) is 23.9 Å². The summed E-state index contributed by atoms with van der Waals surface area (Å²) in [6.45, 7) is 0.584. The van der Waals surface area contributed by atoms with Gasteiger partial charge in [0.1, 0.15) is 5.41 Å². The van der Waals surface area contributed by atoms with Gasteiger partial charge in [-0.1, -0.05) is 0 Å². The van der Waals surface area contributed by atoms with Crippen molar-refractivity contribution in [2.24, 2.45) is 5.41 Å². The second kappa shape index (κ2) is 2.23. The van der Waals surface area contributed by atoms with Crippen LogP contribution >= 0.6 is 0 Å². The van der Waals surface area contributed by atoms with Crippen LogP contribution in [0.2, 0.25) is 0 Å². The van der Waals surface area contributed by atoms with Crippen molar-refractivity contribution < 1.29 is 0 Å². The van der Waals surface area contributed by atoms with Crippen molar-refractivity contribution in [1.29, 1.82) is 10.5 Å². The lowest BCUT2D eigenvalue weighted by Gasteiger charge is -2.23. The van der Waals surface area contributed by atoms with E-state index in [9.17, 15) is 0 Å². The zero-order valence-electron chi connectivity index (χ0n) is 6.46. The molecule has 60 valence electrons. The molecular weight excluding hydrogens is 152 g/mol. The molecule has 0 aromatic carbocycles. The van der Waals surface area contributed by atoms with Crippen LogP contribution < -0.4 is 10.6 Å². The first-order chi connectivity index (χ1) is 5.80. The molecule has 4 nitrogen and oxygen atoms in total. The van der Waals surface area contributed by atoms with E-state index in [1.807, 2.05) is 0 Å². The van der Waals surface area contributed by atoms with Gasteiger partial charge in [-0.05, 0) is 0 Å². The molecule has 0 saturated carbocycles. The fourth-order valence-corrected chi connectivity index (χ4v) is 1.72. The van der Waals surface area contributed by atoms with E-state index in [0.717, 1.165) is 0 Å². The van der Waals surface area contributed by atoms with Crippen LogP contribution in [0.5, 0.6) is 0 Å². The number of hydrogen-bond donors (Lipinski definition) is 2. The number of nitriles is 2. The van der Waals surface area contributed by atoms with Crippen molar-refractivity contribution in [3.8, 4) is 12.1 Å². The predicted octanol–water partition coefficient (Wildman–Crippen LogP) is -0.174. The fourth-order valence-electron chi connectivity index (χ4n) is 1.72. The van der Waals surface area contributed by atoms with Crippen LogP contribution in [0.15, 0.2) is 11.8 Å². The lowest BCUT2D eigenvalue weighted by molar-refractivity contribution is 0.466. The molecule has 0 amide bonds. The number of nitrogens with zero attached hydrogens (tertiary/aromatic N) is 2. The predicted molar refractivity (Wildman–Crippen MR) is 41.3 cm³/mol. The van der Waals surface area contributed by atoms with Crippen molar-refractivity contribution in [2.45, 2.75) is 12.6 Å². The third kappa shape index (κ3) is 0.731. The Hall–Kier alpha value is -1.52. The van der Waals surface area contributed by atoms with Gasteiger partial charge in [0.2, 0.25) is 0 Å². The third-order valence-corrected chi connectivity index (χ3v) is 2.48. The highest BCUT2D eigenvalue weighted by Gasteiger charge is 2.45. The molecule has 12 heavy (non-hydrogen) atoms. The topological polar surface area (TPSA) is 71.6 Å². The van der Waals surface area contributed by atoms with Crippen molar-refractivity contribution in [3.63, 3.8) is 0 Å². The van der Waals surface area contributed by atoms with Gasteiger partial charge >= 0.3 is 0 Å². The maximum atomic E-state index is 8.96. The van der Waals surface area contributed by atoms with E-state index in [4.69, 9.17) is 10.5 Å². The average Bonchev–Trinajstić information content (AvgIpc) is 2.46. The van der Waals surface area contributed by atoms with Crippen LogP contribution in [0.25, 0.3) is 0 Å². The van der Waals surface area contributed by atoms with E-state index in [1.165, 1.54) is 0 Å². The normalized spacial score (nSPS) is 37.5. The number of hydrogen-bond acceptors (Lipinski definition) is 4. The fraction of sp³-hybridized carbons (Fsp3) is 0.500. The summed E-state index contributed by atoms with van der Waals surface area (Å²) in [6.07, 6.45) is 2.52. The Bertz CT molecular complexity index is 319. The summed E-state index contributed by atoms with van der Waals surface area (Å²) in [5, 5.41) is 23.9. The second-order valence-corrected chi connectivity index (χ2v) is 3.17. The zero-order valence-corrected chi connectivity index (χ0v) is 6.46. The van der Waals surface area contributed by atoms with Crippen molar-refractivity contribution >= 4 is 0 Å². The summed E-state index contributed by atoms with van der Waals surface area (Å²) < 4.78 is 0. The molecule has 0 spiro atoms. The zero-order chi connectivity index (χ0) is 8.60. The average molecular weight is 160 g/mol. The molecule has 0 aromatic heterocycles. The Morgan fingerprint density at radius 2 is 2.42 bits per heavy atom. The summed E-state index contributed by atoms with van der Waals surface area (Å²) in [5.74, 6) is 0. The molecule has 2 aliphatic rings. The number of fused-ring (bicyclic) bond motifs is 2. The third-order valence-electron chi connectivity index (χ3n) is 2.48. The van der Waals surface area contributed by atoms with Crippen LogP contribution in [0, 0.1) is 28.1 Å². The molecule has 2 aliphatic heterocycles. The van der Waals surface area contributed by atoms with Crippen LogP contribution in [0.4, 0.5) is 0 Å². The molecule has 2 rings (SSSR count). The van der Waals surface area contributed by atoms with Gasteiger partial charge in [-0.15, -0.1) is 0 Å². The smallest absolute Gasteiger partial charge is 0.109 e. The monoisotopic (exact) mass is 160 g/mol. The minimum absolute atomic E-state index is 0.168. The van der Waals surface area contributed by atoms with Gasteiger partial charge in [0.15, 0.2) is 0 Å². The molecule has 1 saturated heterocycles. The Morgan fingerprint density at radius 1 is 1.58 bits per heavy atom. The maximum absolute atomic E-state index is 8.96. The highest BCUT2D eigenvalue weighted by atomic mass is 15.2. The molecule has 0 aromatic rings. The van der Waals surface area contributed by atoms with Crippen LogP contribution in [-0.2, 0) is 0 Å². The van der Waals surface area contributed by atoms with Gasteiger partial charge in [-0.3, -0.25) is 5.32 Å². The first kappa shape index (κ1) is 7.15. The van der Waals surface area contributed by atoms with E-state index >= 15 is 0 Å². The maximum Gasteiger partial charge on any atom is 0.109 e. The molecule has 0 aliphatic carbocycles. The van der Waals surface area contributed by atoms with E-state index in [0.29, 0.717) is 18.5 Å². The molecular formula is C8H8N4. The quantitative estimate of drug-likeness (QED) is 0.516. The summed E-state index contributed by atoms with van der Waals surface area (Å²) in [7, 11) is 0. The molecule has 4 heteroatoms. The van der Waals surface area contributed by atoms with Crippen LogP contribution in [-0.4, -0.2) is 12.7 Å². The molecule has 2 atom stereocenters. The molecule has 2 heterocycles. The van der Waals surface area contributed by atoms with E-state index in [1.54, 1.807) is 6.20 Å². The Balaban J connectivity index is 2.43. The van der Waals surface area contributed by atoms with E-state index in [2.05, 4.69) is 22.8 Å². The van der Waals surface area contributed by atoms with E-state index < -0.39 is 5.41 Å². The SMILES string of the molecule is N#CC1=CNC2CC1(C#N)CN2. The minimum atomic E-state index is -0.565. The van der Waals surface area contributed by atoms with Gasteiger partial charge in [-0.25, -0.2) is 0 Å². The Morgan fingerprint density at radius 3 is 3.08 bits per heavy atom. The lowest BCUT2D eigenvalue weighted by atomic mass is 9.80. The van der Waals surface area contributed by atoms with Crippen LogP contribution in [0.1, 0.15) is 6.42 Å². The lowest BCUT2D eigenvalue weighted by Crippen LogP contribution is -2.35. The van der Waals surface area contributed by atoms with Crippen molar-refractivity contribution in [1.82, 2.24) is 10.6 Å². The number of rotatable bonds is 0. The standard InChI is InChI=1S/C8H8N4/c9-2-6-3-11-7-1-8(6,4-10)5-12-7/h3,7,11-12H,1,5H2. The molecule has 0 radical (unpaired) electrons. The molecule has 2 bridgehead atoms. The molecule has 2 unspecified atom stereocenters. The van der Waals surface area contributed by atoms with E-state index in [-0.39, 0.29) is 6.17 Å². The number of nitrogens with one attached hydrogen (secondary N) is 2. The molecule has 2 N–H and O–H groups in total. The van der Waals surface area contributed by atoms with Crippen LogP contribution in [0.3, 0.4) is 0 Å². The summed E-state index contributed by atoms with van der Waals surface area (Å²) in [6, 6.07) is 4.28. The van der Waals surface area contributed by atoms with Gasteiger partial charge in [0, 0.05) is 19.2 Å². The molecule has 1 fully saturated rings. The van der Waals surface area contributed by atoms with Gasteiger partial charge < -0.3 is 5.32 Å². The second-order valence-electron chi connectivity index (χ2n) is 3.17. The van der Waals surface area contributed by atoms with Gasteiger partial charge in [-0.2, -0.15) is 10.5 Å². The largest absolute Gasteiger partial charge is 0.375 e. The van der Waals surface area contributed by atoms with Crippen molar-refractivity contribution in [3.05, 3.63) is 11.8 Å². The van der Waals surface area contributed by atoms with Gasteiger partial charge in [0.25, 0.3) is 0 Å². The van der Waals surface area contributed by atoms with Crippen molar-refractivity contribution in [2.75, 3.05) is 6.54 Å². The Labute approximate surface area is 70.5 Å². The first-order valence-electron chi connectivity index (χ1n) is 3.82. The summed E-state index contributed by atoms with van der Waals surface area (Å²) in [5.41, 5.74) is -0.0174. The minimum Gasteiger partial charge on any atom is -0.375 e. The summed E-state index contributed by atoms with van der Waals surface area (Å²) in [4.78, 5) is 0. The highest BCUT2D eigenvalue weighted by molar-refractivity contribution is 5.39.